The van der Waals surface area contributed by atoms with Crippen LogP contribution in [0.2, 0.25) is 0 Å². The molecule has 0 heterocycles. The average molecular weight is 366 g/mol. The molecule has 6 heteroatoms. The van der Waals surface area contributed by atoms with Gasteiger partial charge < -0.3 is 16.4 Å². The summed E-state index contributed by atoms with van der Waals surface area (Å²) < 4.78 is 0. The van der Waals surface area contributed by atoms with E-state index in [-0.39, 0.29) is 36.2 Å². The van der Waals surface area contributed by atoms with Crippen LogP contribution < -0.4 is 16.4 Å². The molecule has 0 aliphatic heterocycles. The van der Waals surface area contributed by atoms with Crippen LogP contribution in [0.1, 0.15) is 54.4 Å². The van der Waals surface area contributed by atoms with Gasteiger partial charge in [-0.25, -0.2) is 0 Å². The van der Waals surface area contributed by atoms with E-state index in [4.69, 9.17) is 5.73 Å². The van der Waals surface area contributed by atoms with Crippen LogP contribution in [0.15, 0.2) is 24.3 Å². The summed E-state index contributed by atoms with van der Waals surface area (Å²) in [5.41, 5.74) is 7.63. The summed E-state index contributed by atoms with van der Waals surface area (Å²) in [4.78, 5) is 24.1. The quantitative estimate of drug-likeness (QED) is 0.693. The minimum atomic E-state index is -0.0901. The highest BCUT2D eigenvalue weighted by molar-refractivity contribution is 5.94. The van der Waals surface area contributed by atoms with Crippen molar-refractivity contribution in [3.63, 3.8) is 0 Å². The first kappa shape index (κ1) is 19.7. The average Bonchev–Trinajstić information content (AvgIpc) is 3.32. The van der Waals surface area contributed by atoms with E-state index in [2.05, 4.69) is 10.6 Å². The van der Waals surface area contributed by atoms with Crippen molar-refractivity contribution in [3.05, 3.63) is 35.4 Å². The van der Waals surface area contributed by atoms with Gasteiger partial charge in [-0.2, -0.15) is 0 Å². The first-order valence-corrected chi connectivity index (χ1v) is 9.04. The number of hydrogen-bond donors (Lipinski definition) is 3. The number of hydrogen-bond acceptors (Lipinski definition) is 3. The van der Waals surface area contributed by atoms with Crippen LogP contribution >= 0.6 is 12.4 Å². The van der Waals surface area contributed by atoms with E-state index in [9.17, 15) is 9.59 Å². The molecule has 0 bridgehead atoms. The zero-order chi connectivity index (χ0) is 16.9. The molecule has 3 rings (SSSR count). The Balaban J connectivity index is 0.00000225. The second kappa shape index (κ2) is 9.20. The van der Waals surface area contributed by atoms with Crippen molar-refractivity contribution in [1.82, 2.24) is 10.6 Å². The maximum atomic E-state index is 12.1. The monoisotopic (exact) mass is 365 g/mol. The van der Waals surface area contributed by atoms with Gasteiger partial charge in [-0.1, -0.05) is 25.0 Å². The van der Waals surface area contributed by atoms with Crippen molar-refractivity contribution in [3.8, 4) is 0 Å². The molecule has 0 spiro atoms. The standard InChI is InChI=1S/C19H27N3O2.ClH/c20-17(14-9-10-14)12-22-19(24)16-7-5-13(6-8-16)11-21-18(23)15-3-1-2-4-15;/h5-8,14-15,17H,1-4,9-12,20H2,(H,21,23)(H,22,24);1H. The fourth-order valence-electron chi connectivity index (χ4n) is 3.30. The van der Waals surface area contributed by atoms with Crippen molar-refractivity contribution in [1.29, 1.82) is 0 Å². The maximum Gasteiger partial charge on any atom is 0.251 e. The van der Waals surface area contributed by atoms with E-state index >= 15 is 0 Å². The Kier molecular flexibility index (Phi) is 7.26. The normalized spacial score (nSPS) is 18.3. The lowest BCUT2D eigenvalue weighted by Crippen LogP contribution is -2.38. The minimum Gasteiger partial charge on any atom is -0.352 e. The highest BCUT2D eigenvalue weighted by atomic mass is 35.5. The van der Waals surface area contributed by atoms with Crippen molar-refractivity contribution < 1.29 is 9.59 Å². The molecule has 1 aromatic rings. The predicted molar refractivity (Wildman–Crippen MR) is 101 cm³/mol. The zero-order valence-electron chi connectivity index (χ0n) is 14.5. The third-order valence-corrected chi connectivity index (χ3v) is 5.13. The Morgan fingerprint density at radius 3 is 2.28 bits per heavy atom. The molecular weight excluding hydrogens is 338 g/mol. The number of amides is 2. The molecule has 2 saturated carbocycles. The Morgan fingerprint density at radius 1 is 1.04 bits per heavy atom. The molecular formula is C19H28ClN3O2. The van der Waals surface area contributed by atoms with Gasteiger partial charge in [-0.05, 0) is 49.3 Å². The van der Waals surface area contributed by atoms with Gasteiger partial charge in [-0.3, -0.25) is 9.59 Å². The number of carbonyl (C=O) groups is 2. The van der Waals surface area contributed by atoms with E-state index in [1.165, 1.54) is 12.8 Å². The SMILES string of the molecule is Cl.NC(CNC(=O)c1ccc(CNC(=O)C2CCCC2)cc1)C1CC1. The fourth-order valence-corrected chi connectivity index (χ4v) is 3.30. The van der Waals surface area contributed by atoms with E-state index in [1.54, 1.807) is 12.1 Å². The van der Waals surface area contributed by atoms with Gasteiger partial charge in [0.25, 0.3) is 5.91 Å². The van der Waals surface area contributed by atoms with Gasteiger partial charge in [0.2, 0.25) is 5.91 Å². The van der Waals surface area contributed by atoms with Crippen molar-refractivity contribution in [2.45, 2.75) is 51.1 Å². The number of nitrogens with two attached hydrogens (primary N) is 1. The molecule has 2 amide bonds. The van der Waals surface area contributed by atoms with Gasteiger partial charge in [0.15, 0.2) is 0 Å². The van der Waals surface area contributed by atoms with Gasteiger partial charge >= 0.3 is 0 Å². The molecule has 1 unspecified atom stereocenters. The highest BCUT2D eigenvalue weighted by Crippen LogP contribution is 2.31. The molecule has 1 atom stereocenters. The smallest absolute Gasteiger partial charge is 0.251 e. The lowest BCUT2D eigenvalue weighted by molar-refractivity contribution is -0.124. The molecule has 2 aliphatic carbocycles. The lowest BCUT2D eigenvalue weighted by Gasteiger charge is -2.12. The Hall–Kier alpha value is -1.59. The molecule has 2 aliphatic rings. The summed E-state index contributed by atoms with van der Waals surface area (Å²) in [5, 5.41) is 5.89. The summed E-state index contributed by atoms with van der Waals surface area (Å²) in [7, 11) is 0. The van der Waals surface area contributed by atoms with Crippen LogP contribution in [-0.2, 0) is 11.3 Å². The maximum absolute atomic E-state index is 12.1. The van der Waals surface area contributed by atoms with E-state index in [0.29, 0.717) is 24.6 Å². The van der Waals surface area contributed by atoms with Crippen molar-refractivity contribution >= 4 is 24.2 Å². The highest BCUT2D eigenvalue weighted by Gasteiger charge is 2.28. The number of halogens is 1. The second-order valence-electron chi connectivity index (χ2n) is 7.11. The fraction of sp³-hybridized carbons (Fsp3) is 0.579. The first-order chi connectivity index (χ1) is 11.6. The molecule has 1 aromatic carbocycles. The number of rotatable bonds is 7. The topological polar surface area (TPSA) is 84.2 Å². The second-order valence-corrected chi connectivity index (χ2v) is 7.11. The van der Waals surface area contributed by atoms with Crippen LogP contribution in [0.5, 0.6) is 0 Å². The first-order valence-electron chi connectivity index (χ1n) is 9.04. The molecule has 138 valence electrons. The van der Waals surface area contributed by atoms with Gasteiger partial charge in [0.05, 0.1) is 0 Å². The summed E-state index contributed by atoms with van der Waals surface area (Å²) in [5.74, 6) is 0.831. The summed E-state index contributed by atoms with van der Waals surface area (Å²) in [6, 6.07) is 7.46. The Morgan fingerprint density at radius 2 is 1.68 bits per heavy atom. The Labute approximate surface area is 155 Å². The molecule has 0 aromatic heterocycles. The Bertz CT molecular complexity index is 581. The van der Waals surface area contributed by atoms with Crippen LogP contribution in [0.25, 0.3) is 0 Å². The van der Waals surface area contributed by atoms with E-state index < -0.39 is 0 Å². The van der Waals surface area contributed by atoms with E-state index in [1.807, 2.05) is 12.1 Å². The summed E-state index contributed by atoms with van der Waals surface area (Å²) in [6.45, 7) is 1.05. The van der Waals surface area contributed by atoms with Crippen LogP contribution in [0.4, 0.5) is 0 Å². The van der Waals surface area contributed by atoms with Gasteiger partial charge in [0.1, 0.15) is 0 Å². The van der Waals surface area contributed by atoms with Crippen LogP contribution in [0, 0.1) is 11.8 Å². The zero-order valence-corrected chi connectivity index (χ0v) is 15.3. The van der Waals surface area contributed by atoms with Crippen molar-refractivity contribution in [2.24, 2.45) is 17.6 Å². The molecule has 4 N–H and O–H groups in total. The summed E-state index contributed by atoms with van der Waals surface area (Å²) in [6.07, 6.45) is 6.69. The van der Waals surface area contributed by atoms with Crippen LogP contribution in [0.3, 0.4) is 0 Å². The minimum absolute atomic E-state index is 0. The van der Waals surface area contributed by atoms with Gasteiger partial charge in [0, 0.05) is 30.6 Å². The van der Waals surface area contributed by atoms with Crippen LogP contribution in [-0.4, -0.2) is 24.4 Å². The van der Waals surface area contributed by atoms with E-state index in [0.717, 1.165) is 31.2 Å². The molecule has 0 radical (unpaired) electrons. The lowest BCUT2D eigenvalue weighted by atomic mass is 10.1. The largest absolute Gasteiger partial charge is 0.352 e. The summed E-state index contributed by atoms with van der Waals surface area (Å²) >= 11 is 0. The van der Waals surface area contributed by atoms with Gasteiger partial charge in [-0.15, -0.1) is 12.4 Å². The molecule has 5 nitrogen and oxygen atoms in total. The predicted octanol–water partition coefficient (Wildman–Crippen LogP) is 2.38. The third kappa shape index (κ3) is 5.72. The molecule has 25 heavy (non-hydrogen) atoms. The third-order valence-electron chi connectivity index (χ3n) is 5.13. The molecule has 0 saturated heterocycles. The number of nitrogens with one attached hydrogen (secondary N) is 2. The molecule has 2 fully saturated rings. The number of benzene rings is 1. The van der Waals surface area contributed by atoms with Crippen molar-refractivity contribution in [2.75, 3.05) is 6.54 Å². The number of carbonyl (C=O) groups excluding carboxylic acids is 2.